The lowest BCUT2D eigenvalue weighted by Gasteiger charge is -2.01. The fraction of sp³-hybridized carbons (Fsp3) is 0.0625. The van der Waals surface area contributed by atoms with Crippen molar-refractivity contribution < 1.29 is 4.79 Å². The zero-order chi connectivity index (χ0) is 14.3. The molecule has 0 saturated heterocycles. The van der Waals surface area contributed by atoms with Gasteiger partial charge in [0.2, 0.25) is 0 Å². The second-order valence-corrected chi connectivity index (χ2v) is 5.12. The number of fused-ring (bicyclic) bond motifs is 2. The number of hydrogen-bond donors (Lipinski definition) is 0. The number of carbonyl (C=O) groups excluding carboxylic acids is 1. The van der Waals surface area contributed by atoms with Gasteiger partial charge in [-0.15, -0.1) is 0 Å². The summed E-state index contributed by atoms with van der Waals surface area (Å²) < 4.78 is 0. The van der Waals surface area contributed by atoms with Gasteiger partial charge < -0.3 is 0 Å². The molecule has 1 aromatic carbocycles. The summed E-state index contributed by atoms with van der Waals surface area (Å²) in [7, 11) is 0. The number of nitrogens with zero attached hydrogens (tertiary/aromatic N) is 2. The second kappa shape index (κ2) is 4.45. The lowest BCUT2D eigenvalue weighted by atomic mass is 10.0. The predicted molar refractivity (Wildman–Crippen MR) is 79.0 cm³/mol. The lowest BCUT2D eigenvalue weighted by Crippen LogP contribution is -1.94. The minimum absolute atomic E-state index is 0.0280. The van der Waals surface area contributed by atoms with Gasteiger partial charge in [-0.25, -0.2) is 10.1 Å². The summed E-state index contributed by atoms with van der Waals surface area (Å²) in [6.45, 7) is 8.89. The Labute approximate surface area is 119 Å². The van der Waals surface area contributed by atoms with Crippen LogP contribution >= 0.6 is 11.3 Å². The number of hydrogen-bond acceptors (Lipinski definition) is 3. The van der Waals surface area contributed by atoms with E-state index >= 15 is 0 Å². The summed E-state index contributed by atoms with van der Waals surface area (Å²) in [5.74, 6) is -0.109. The quantitative estimate of drug-likeness (QED) is 0.411. The summed E-state index contributed by atoms with van der Waals surface area (Å²) in [4.78, 5) is 15.7. The second-order valence-electron chi connectivity index (χ2n) is 4.38. The molecule has 0 atom stereocenters. The SMILES string of the molecule is [C-]#[N+]C(C#N)=C1/C(=C/C)C(=O)c2cc3cscc3cc21. The molecule has 1 aliphatic rings. The smallest absolute Gasteiger partial charge is 0.270 e. The van der Waals surface area contributed by atoms with Crippen LogP contribution in [0, 0.1) is 17.9 Å². The fourth-order valence-corrected chi connectivity index (χ4v) is 3.25. The van der Waals surface area contributed by atoms with Crippen molar-refractivity contribution in [2.45, 2.75) is 6.92 Å². The molecule has 0 N–H and O–H groups in total. The van der Waals surface area contributed by atoms with Gasteiger partial charge >= 0.3 is 0 Å². The van der Waals surface area contributed by atoms with E-state index in [4.69, 9.17) is 11.8 Å². The third kappa shape index (κ3) is 1.53. The number of rotatable bonds is 0. The maximum absolute atomic E-state index is 12.4. The molecule has 0 fully saturated rings. The van der Waals surface area contributed by atoms with Gasteiger partial charge in [0.25, 0.3) is 5.70 Å². The molecule has 0 aliphatic heterocycles. The number of thiophene rings is 1. The predicted octanol–water partition coefficient (Wildman–Crippen LogP) is 4.20. The fourth-order valence-electron chi connectivity index (χ4n) is 2.48. The molecule has 2 aromatic rings. The highest BCUT2D eigenvalue weighted by Crippen LogP contribution is 2.41. The molecule has 4 heteroatoms. The number of carbonyl (C=O) groups is 1. The molecule has 1 heterocycles. The Morgan fingerprint density at radius 3 is 2.55 bits per heavy atom. The van der Waals surface area contributed by atoms with Crippen molar-refractivity contribution in [2.75, 3.05) is 0 Å². The van der Waals surface area contributed by atoms with Crippen LogP contribution < -0.4 is 0 Å². The molecule has 0 unspecified atom stereocenters. The third-order valence-corrected chi connectivity index (χ3v) is 4.16. The summed E-state index contributed by atoms with van der Waals surface area (Å²) in [5.41, 5.74) is 2.17. The van der Waals surface area contributed by atoms with E-state index in [0.29, 0.717) is 22.3 Å². The van der Waals surface area contributed by atoms with E-state index in [1.54, 1.807) is 24.3 Å². The Balaban J connectivity index is 2.45. The van der Waals surface area contributed by atoms with E-state index in [1.807, 2.05) is 29.0 Å². The van der Waals surface area contributed by atoms with Crippen molar-refractivity contribution >= 4 is 33.5 Å². The summed E-state index contributed by atoms with van der Waals surface area (Å²) in [6, 6.07) is 5.64. The normalized spacial score (nSPS) is 17.9. The van der Waals surface area contributed by atoms with E-state index in [9.17, 15) is 4.79 Å². The first-order valence-corrected chi connectivity index (χ1v) is 6.89. The Bertz CT molecular complexity index is 885. The molecule has 0 radical (unpaired) electrons. The number of ketones is 1. The van der Waals surface area contributed by atoms with Crippen LogP contribution in [0.4, 0.5) is 0 Å². The molecule has 0 spiro atoms. The van der Waals surface area contributed by atoms with Crippen molar-refractivity contribution in [3.8, 4) is 6.07 Å². The molecule has 1 aliphatic carbocycles. The Morgan fingerprint density at radius 2 is 2.00 bits per heavy atom. The highest BCUT2D eigenvalue weighted by atomic mass is 32.1. The van der Waals surface area contributed by atoms with Crippen molar-refractivity contribution in [2.24, 2.45) is 0 Å². The minimum atomic E-state index is -0.109. The van der Waals surface area contributed by atoms with E-state index in [1.165, 1.54) is 0 Å². The van der Waals surface area contributed by atoms with E-state index in [0.717, 1.165) is 10.8 Å². The minimum Gasteiger partial charge on any atom is -0.289 e. The van der Waals surface area contributed by atoms with Gasteiger partial charge in [0, 0.05) is 16.7 Å². The van der Waals surface area contributed by atoms with Crippen LogP contribution in [-0.4, -0.2) is 5.78 Å². The van der Waals surface area contributed by atoms with Gasteiger partial charge in [-0.2, -0.15) is 11.3 Å². The van der Waals surface area contributed by atoms with Crippen LogP contribution in [0.2, 0.25) is 0 Å². The lowest BCUT2D eigenvalue weighted by molar-refractivity contribution is 0.104. The van der Waals surface area contributed by atoms with Gasteiger partial charge in [-0.05, 0) is 46.2 Å². The van der Waals surface area contributed by atoms with Crippen LogP contribution in [0.25, 0.3) is 21.2 Å². The maximum atomic E-state index is 12.4. The van der Waals surface area contributed by atoms with Gasteiger partial charge in [0.1, 0.15) is 0 Å². The van der Waals surface area contributed by atoms with Gasteiger partial charge in [-0.3, -0.25) is 4.79 Å². The third-order valence-electron chi connectivity index (χ3n) is 3.38. The van der Waals surface area contributed by atoms with Crippen LogP contribution in [0.5, 0.6) is 0 Å². The van der Waals surface area contributed by atoms with Gasteiger partial charge in [-0.1, -0.05) is 6.08 Å². The summed E-state index contributed by atoms with van der Waals surface area (Å²) in [5, 5.41) is 15.1. The van der Waals surface area contributed by atoms with Crippen LogP contribution in [0.15, 0.2) is 40.2 Å². The first-order chi connectivity index (χ1) is 9.71. The molecule has 1 aromatic heterocycles. The Kier molecular flexibility index (Phi) is 2.75. The molecule has 0 amide bonds. The zero-order valence-electron chi connectivity index (χ0n) is 10.6. The van der Waals surface area contributed by atoms with Crippen molar-refractivity contribution in [3.63, 3.8) is 0 Å². The largest absolute Gasteiger partial charge is 0.289 e. The monoisotopic (exact) mass is 276 g/mol. The van der Waals surface area contributed by atoms with Gasteiger partial charge in [0.05, 0.1) is 12.6 Å². The highest BCUT2D eigenvalue weighted by molar-refractivity contribution is 7.09. The van der Waals surface area contributed by atoms with Crippen molar-refractivity contribution in [1.82, 2.24) is 0 Å². The molecular weight excluding hydrogens is 268 g/mol. The Morgan fingerprint density at radius 1 is 1.35 bits per heavy atom. The van der Waals surface area contributed by atoms with Crippen molar-refractivity contribution in [1.29, 1.82) is 5.26 Å². The Hall–Kier alpha value is -2.69. The summed E-state index contributed by atoms with van der Waals surface area (Å²) in [6.07, 6.45) is 1.67. The number of Topliss-reactive ketones (excluding diaryl/α,β-unsaturated/α-hetero) is 1. The molecule has 0 bridgehead atoms. The average molecular weight is 276 g/mol. The molecule has 0 saturated carbocycles. The standard InChI is InChI=1S/C16H8N2OS/c1-3-11-15(14(6-17)18-2)12-4-9-7-20-8-10(9)5-13(12)16(11)19/h3-5,7-8H,1H3/b11-3-,15-14?. The van der Waals surface area contributed by atoms with Crippen LogP contribution in [0.1, 0.15) is 22.8 Å². The van der Waals surface area contributed by atoms with Crippen LogP contribution in [0.3, 0.4) is 0 Å². The zero-order valence-corrected chi connectivity index (χ0v) is 11.4. The number of nitriles is 1. The van der Waals surface area contributed by atoms with Crippen LogP contribution in [-0.2, 0) is 0 Å². The molecule has 3 nitrogen and oxygen atoms in total. The van der Waals surface area contributed by atoms with Crippen molar-refractivity contribution in [3.05, 3.63) is 62.8 Å². The van der Waals surface area contributed by atoms with E-state index in [2.05, 4.69) is 4.85 Å². The average Bonchev–Trinajstić information content (AvgIpc) is 3.02. The van der Waals surface area contributed by atoms with Gasteiger partial charge in [0.15, 0.2) is 5.78 Å². The molecule has 20 heavy (non-hydrogen) atoms. The summed E-state index contributed by atoms with van der Waals surface area (Å²) >= 11 is 1.57. The first-order valence-electron chi connectivity index (χ1n) is 5.94. The van der Waals surface area contributed by atoms with E-state index in [-0.39, 0.29) is 11.5 Å². The number of allylic oxidation sites excluding steroid dienone is 4. The maximum Gasteiger partial charge on any atom is 0.270 e. The molecular formula is C16H8N2OS. The molecule has 94 valence electrons. The van der Waals surface area contributed by atoms with E-state index < -0.39 is 0 Å². The first kappa shape index (κ1) is 12.3. The topological polar surface area (TPSA) is 45.2 Å². The highest BCUT2D eigenvalue weighted by Gasteiger charge is 2.32. The number of benzene rings is 1. The molecule has 3 rings (SSSR count).